The molecule has 0 bridgehead atoms. The summed E-state index contributed by atoms with van der Waals surface area (Å²) in [6.45, 7) is 0. The summed E-state index contributed by atoms with van der Waals surface area (Å²) >= 11 is 0. The molecular formula is C20H20N6O. The molecule has 2 aromatic heterocycles. The van der Waals surface area contributed by atoms with Crippen LogP contribution in [0.25, 0.3) is 0 Å². The van der Waals surface area contributed by atoms with Crippen LogP contribution in [0.15, 0.2) is 53.7 Å². The number of rotatable bonds is 4. The van der Waals surface area contributed by atoms with Crippen LogP contribution >= 0.6 is 0 Å². The fraction of sp³-hybridized carbons (Fsp3) is 0.200. The Labute approximate surface area is 156 Å². The number of hydrogen-bond acceptors (Lipinski definition) is 6. The van der Waals surface area contributed by atoms with E-state index >= 15 is 0 Å². The van der Waals surface area contributed by atoms with Crippen LogP contribution in [0.1, 0.15) is 28.7 Å². The minimum Gasteiger partial charge on any atom is -0.383 e. The van der Waals surface area contributed by atoms with E-state index in [2.05, 4.69) is 44.5 Å². The molecule has 27 heavy (non-hydrogen) atoms. The number of aryl methyl sites for hydroxylation is 1. The summed E-state index contributed by atoms with van der Waals surface area (Å²) in [5.41, 5.74) is 9.74. The number of fused-ring (bicyclic) bond motifs is 1. The van der Waals surface area contributed by atoms with E-state index in [1.807, 2.05) is 0 Å². The highest BCUT2D eigenvalue weighted by molar-refractivity contribution is 6.16. The van der Waals surface area contributed by atoms with E-state index in [-0.39, 0.29) is 23.1 Å². The van der Waals surface area contributed by atoms with Crippen LogP contribution in [0.5, 0.6) is 0 Å². The van der Waals surface area contributed by atoms with E-state index in [9.17, 15) is 4.79 Å². The molecular weight excluding hydrogens is 340 g/mol. The fourth-order valence-electron chi connectivity index (χ4n) is 3.48. The molecule has 7 heteroatoms. The number of H-pyrrole nitrogens is 1. The summed E-state index contributed by atoms with van der Waals surface area (Å²) in [4.78, 5) is 22.3. The Morgan fingerprint density at radius 1 is 1.19 bits per heavy atom. The third-order valence-electron chi connectivity index (χ3n) is 4.89. The molecule has 3 aromatic rings. The van der Waals surface area contributed by atoms with Gasteiger partial charge in [0, 0.05) is 23.9 Å². The van der Waals surface area contributed by atoms with Crippen molar-refractivity contribution in [2.75, 3.05) is 11.1 Å². The molecule has 1 aliphatic carbocycles. The van der Waals surface area contributed by atoms with Gasteiger partial charge in [0.05, 0.1) is 11.3 Å². The molecule has 136 valence electrons. The van der Waals surface area contributed by atoms with E-state index in [0.29, 0.717) is 16.9 Å². The second-order valence-corrected chi connectivity index (χ2v) is 6.65. The first-order chi connectivity index (χ1) is 13.1. The molecule has 1 aromatic carbocycles. The van der Waals surface area contributed by atoms with Crippen LogP contribution in [0.4, 0.5) is 11.6 Å². The van der Waals surface area contributed by atoms with Crippen LogP contribution in [0.3, 0.4) is 0 Å². The van der Waals surface area contributed by atoms with Gasteiger partial charge in [0.25, 0.3) is 0 Å². The SMILES string of the molecule is N=C(c1ccc(=O)[nH]c1)c1c(N)ncnc1NC1CCc2ccccc2C1. The summed E-state index contributed by atoms with van der Waals surface area (Å²) in [5, 5.41) is 12.0. The molecule has 4 rings (SSSR count). The highest BCUT2D eigenvalue weighted by Gasteiger charge is 2.22. The second kappa shape index (κ2) is 7.03. The topological polar surface area (TPSA) is 121 Å². The molecule has 0 fully saturated rings. The lowest BCUT2D eigenvalue weighted by Gasteiger charge is -2.27. The van der Waals surface area contributed by atoms with Crippen molar-refractivity contribution in [3.05, 3.63) is 81.5 Å². The predicted octanol–water partition coefficient (Wildman–Crippen LogP) is 2.13. The largest absolute Gasteiger partial charge is 0.383 e. The third-order valence-corrected chi connectivity index (χ3v) is 4.89. The lowest BCUT2D eigenvalue weighted by molar-refractivity contribution is 0.608. The molecule has 0 radical (unpaired) electrons. The summed E-state index contributed by atoms with van der Waals surface area (Å²) < 4.78 is 0. The van der Waals surface area contributed by atoms with Gasteiger partial charge in [-0.15, -0.1) is 0 Å². The van der Waals surface area contributed by atoms with Crippen molar-refractivity contribution in [3.8, 4) is 0 Å². The predicted molar refractivity (Wildman–Crippen MR) is 105 cm³/mol. The van der Waals surface area contributed by atoms with Gasteiger partial charge in [-0.1, -0.05) is 24.3 Å². The quantitative estimate of drug-likeness (QED) is 0.531. The molecule has 0 saturated heterocycles. The smallest absolute Gasteiger partial charge is 0.247 e. The first-order valence-corrected chi connectivity index (χ1v) is 8.83. The highest BCUT2D eigenvalue weighted by atomic mass is 16.1. The van der Waals surface area contributed by atoms with Gasteiger partial charge < -0.3 is 16.0 Å². The number of pyridine rings is 1. The highest BCUT2D eigenvalue weighted by Crippen LogP contribution is 2.26. The normalized spacial score (nSPS) is 15.8. The molecule has 1 atom stereocenters. The molecule has 2 heterocycles. The van der Waals surface area contributed by atoms with Crippen molar-refractivity contribution < 1.29 is 0 Å². The van der Waals surface area contributed by atoms with Crippen molar-refractivity contribution in [1.82, 2.24) is 15.0 Å². The van der Waals surface area contributed by atoms with Crippen LogP contribution in [-0.2, 0) is 12.8 Å². The number of hydrogen-bond donors (Lipinski definition) is 4. The Bertz CT molecular complexity index is 1040. The lowest BCUT2D eigenvalue weighted by Crippen LogP contribution is -2.29. The Morgan fingerprint density at radius 3 is 2.78 bits per heavy atom. The molecule has 1 unspecified atom stereocenters. The first-order valence-electron chi connectivity index (χ1n) is 8.83. The number of aromatic nitrogens is 3. The summed E-state index contributed by atoms with van der Waals surface area (Å²) in [5.74, 6) is 0.781. The van der Waals surface area contributed by atoms with Gasteiger partial charge in [0.1, 0.15) is 18.0 Å². The molecule has 0 spiro atoms. The standard InChI is InChI=1S/C20H20N6O/c21-18(14-6-8-16(27)23-10-14)17-19(22)24-11-25-20(17)26-15-7-5-12-3-1-2-4-13(12)9-15/h1-4,6,8,10-11,15,21H,5,7,9H2,(H,23,27)(H3,22,24,25,26). The lowest BCUT2D eigenvalue weighted by atomic mass is 9.88. The number of benzene rings is 1. The van der Waals surface area contributed by atoms with Gasteiger partial charge in [-0.05, 0) is 36.5 Å². The molecule has 0 saturated carbocycles. The van der Waals surface area contributed by atoms with E-state index in [4.69, 9.17) is 11.1 Å². The second-order valence-electron chi connectivity index (χ2n) is 6.65. The maximum absolute atomic E-state index is 11.3. The number of nitrogens with two attached hydrogens (primary N) is 1. The van der Waals surface area contributed by atoms with Crippen molar-refractivity contribution in [2.24, 2.45) is 0 Å². The maximum Gasteiger partial charge on any atom is 0.247 e. The number of nitrogen functional groups attached to an aromatic ring is 1. The molecule has 0 amide bonds. The van der Waals surface area contributed by atoms with Crippen molar-refractivity contribution in [3.63, 3.8) is 0 Å². The third kappa shape index (κ3) is 3.44. The fourth-order valence-corrected chi connectivity index (χ4v) is 3.48. The minimum absolute atomic E-state index is 0.169. The van der Waals surface area contributed by atoms with Crippen LogP contribution in [0, 0.1) is 5.41 Å². The minimum atomic E-state index is -0.219. The molecule has 7 nitrogen and oxygen atoms in total. The zero-order chi connectivity index (χ0) is 18.8. The Kier molecular flexibility index (Phi) is 4.42. The van der Waals surface area contributed by atoms with Gasteiger partial charge >= 0.3 is 0 Å². The Morgan fingerprint density at radius 2 is 2.00 bits per heavy atom. The van der Waals surface area contributed by atoms with Gasteiger partial charge in [-0.2, -0.15) is 0 Å². The van der Waals surface area contributed by atoms with Crippen LogP contribution in [0.2, 0.25) is 0 Å². The number of aromatic amines is 1. The van der Waals surface area contributed by atoms with Crippen LogP contribution in [-0.4, -0.2) is 26.7 Å². The van der Waals surface area contributed by atoms with Crippen molar-refractivity contribution >= 4 is 17.3 Å². The monoisotopic (exact) mass is 360 g/mol. The van der Waals surface area contributed by atoms with E-state index < -0.39 is 0 Å². The molecule has 5 N–H and O–H groups in total. The summed E-state index contributed by atoms with van der Waals surface area (Å²) in [7, 11) is 0. The van der Waals surface area contributed by atoms with Gasteiger partial charge in [-0.3, -0.25) is 10.2 Å². The maximum atomic E-state index is 11.3. The number of anilines is 2. The van der Waals surface area contributed by atoms with E-state index in [0.717, 1.165) is 19.3 Å². The molecule has 1 aliphatic rings. The van der Waals surface area contributed by atoms with Gasteiger partial charge in [0.2, 0.25) is 5.56 Å². The zero-order valence-corrected chi connectivity index (χ0v) is 14.7. The summed E-state index contributed by atoms with van der Waals surface area (Å²) in [6.07, 6.45) is 5.77. The van der Waals surface area contributed by atoms with Crippen LogP contribution < -0.4 is 16.6 Å². The Hall–Kier alpha value is -3.48. The first kappa shape index (κ1) is 17.0. The zero-order valence-electron chi connectivity index (χ0n) is 14.7. The van der Waals surface area contributed by atoms with Crippen molar-refractivity contribution in [1.29, 1.82) is 5.41 Å². The Balaban J connectivity index is 1.63. The number of nitrogens with one attached hydrogen (secondary N) is 3. The van der Waals surface area contributed by atoms with E-state index in [1.54, 1.807) is 6.07 Å². The number of nitrogens with zero attached hydrogens (tertiary/aromatic N) is 2. The van der Waals surface area contributed by atoms with Gasteiger partial charge in [-0.25, -0.2) is 9.97 Å². The summed E-state index contributed by atoms with van der Waals surface area (Å²) in [6, 6.07) is 11.6. The van der Waals surface area contributed by atoms with E-state index in [1.165, 1.54) is 29.7 Å². The van der Waals surface area contributed by atoms with Crippen molar-refractivity contribution in [2.45, 2.75) is 25.3 Å². The average Bonchev–Trinajstić information content (AvgIpc) is 2.68. The molecule has 0 aliphatic heterocycles. The van der Waals surface area contributed by atoms with Gasteiger partial charge in [0.15, 0.2) is 0 Å². The average molecular weight is 360 g/mol.